The smallest absolute Gasteiger partial charge is 0.0501 e. The molecule has 0 aliphatic carbocycles. The molecule has 0 aliphatic rings. The lowest BCUT2D eigenvalue weighted by molar-refractivity contribution is 0.671. The molecule has 1 aromatic heterocycles. The van der Waals surface area contributed by atoms with Crippen LogP contribution in [0.3, 0.4) is 0 Å². The van der Waals surface area contributed by atoms with Crippen LogP contribution in [0.15, 0.2) is 43.1 Å². The summed E-state index contributed by atoms with van der Waals surface area (Å²) in [6, 6.07) is 8.14. The first-order valence-electron chi connectivity index (χ1n) is 5.27. The number of aryl methyl sites for hydroxylation is 1. The van der Waals surface area contributed by atoms with Gasteiger partial charge in [-0.05, 0) is 31.0 Å². The summed E-state index contributed by atoms with van der Waals surface area (Å²) < 4.78 is 2.25. The van der Waals surface area contributed by atoms with Gasteiger partial charge in [-0.3, -0.25) is 0 Å². The Morgan fingerprint density at radius 1 is 1.33 bits per heavy atom. The van der Waals surface area contributed by atoms with Crippen molar-refractivity contribution in [2.75, 3.05) is 5.73 Å². The first kappa shape index (κ1) is 9.84. The highest BCUT2D eigenvalue weighted by atomic mass is 14.9. The monoisotopic (exact) mass is 200 g/mol. The molecule has 0 saturated carbocycles. The quantitative estimate of drug-likeness (QED) is 0.458. The first-order valence-corrected chi connectivity index (χ1v) is 5.27. The summed E-state index contributed by atoms with van der Waals surface area (Å²) >= 11 is 0. The molecular formula is C13H16N2. The summed E-state index contributed by atoms with van der Waals surface area (Å²) in [6.07, 6.45) is 6.24. The van der Waals surface area contributed by atoms with Crippen LogP contribution in [-0.2, 0) is 6.54 Å². The molecule has 0 atom stereocenters. The van der Waals surface area contributed by atoms with E-state index in [1.807, 2.05) is 18.2 Å². The van der Waals surface area contributed by atoms with Crippen LogP contribution < -0.4 is 5.73 Å². The minimum atomic E-state index is 0.856. The maximum atomic E-state index is 5.89. The fourth-order valence-corrected chi connectivity index (χ4v) is 1.85. The molecule has 2 heteroatoms. The Bertz CT molecular complexity index is 468. The summed E-state index contributed by atoms with van der Waals surface area (Å²) in [6.45, 7) is 4.75. The molecule has 2 aromatic rings. The van der Waals surface area contributed by atoms with Crippen LogP contribution in [0, 0.1) is 0 Å². The van der Waals surface area contributed by atoms with Gasteiger partial charge in [-0.15, -0.1) is 6.58 Å². The van der Waals surface area contributed by atoms with Crippen molar-refractivity contribution in [3.8, 4) is 0 Å². The van der Waals surface area contributed by atoms with Crippen LogP contribution in [0.2, 0.25) is 0 Å². The fourth-order valence-electron chi connectivity index (χ4n) is 1.85. The lowest BCUT2D eigenvalue weighted by Gasteiger charge is -2.04. The molecule has 0 bridgehead atoms. The summed E-state index contributed by atoms with van der Waals surface area (Å²) in [5, 5.41) is 1.15. The highest BCUT2D eigenvalue weighted by molar-refractivity contribution is 5.91. The number of anilines is 1. The van der Waals surface area contributed by atoms with Gasteiger partial charge in [-0.2, -0.15) is 0 Å². The number of nitrogens with two attached hydrogens (primary N) is 1. The van der Waals surface area contributed by atoms with Crippen molar-refractivity contribution in [2.45, 2.75) is 19.4 Å². The van der Waals surface area contributed by atoms with Crippen molar-refractivity contribution >= 4 is 16.6 Å². The molecule has 2 nitrogen and oxygen atoms in total. The van der Waals surface area contributed by atoms with E-state index in [-0.39, 0.29) is 0 Å². The van der Waals surface area contributed by atoms with E-state index in [1.165, 1.54) is 5.52 Å². The SMILES string of the molecule is C=CCCCn1ccc2c(N)cccc21. The average molecular weight is 200 g/mol. The first-order chi connectivity index (χ1) is 7.33. The van der Waals surface area contributed by atoms with Crippen molar-refractivity contribution in [3.05, 3.63) is 43.1 Å². The molecule has 2 N–H and O–H groups in total. The minimum Gasteiger partial charge on any atom is -0.398 e. The van der Waals surface area contributed by atoms with E-state index in [4.69, 9.17) is 5.73 Å². The number of aromatic nitrogens is 1. The number of nitrogen functional groups attached to an aromatic ring is 1. The third kappa shape index (κ3) is 1.89. The van der Waals surface area contributed by atoms with Gasteiger partial charge in [-0.25, -0.2) is 0 Å². The van der Waals surface area contributed by atoms with Gasteiger partial charge in [-0.1, -0.05) is 12.1 Å². The zero-order valence-electron chi connectivity index (χ0n) is 8.82. The van der Waals surface area contributed by atoms with Crippen LogP contribution in [0.1, 0.15) is 12.8 Å². The molecule has 15 heavy (non-hydrogen) atoms. The second kappa shape index (κ2) is 4.22. The Kier molecular flexibility index (Phi) is 2.77. The third-order valence-electron chi connectivity index (χ3n) is 2.65. The number of fused-ring (bicyclic) bond motifs is 1. The number of rotatable bonds is 4. The van der Waals surface area contributed by atoms with Crippen molar-refractivity contribution in [3.63, 3.8) is 0 Å². The normalized spacial score (nSPS) is 10.7. The molecular weight excluding hydrogens is 184 g/mol. The number of allylic oxidation sites excluding steroid dienone is 1. The molecule has 2 rings (SSSR count). The molecule has 0 saturated heterocycles. The molecule has 1 heterocycles. The zero-order chi connectivity index (χ0) is 10.7. The van der Waals surface area contributed by atoms with Gasteiger partial charge in [0.05, 0.1) is 5.52 Å². The Hall–Kier alpha value is -1.70. The van der Waals surface area contributed by atoms with Crippen LogP contribution in [0.4, 0.5) is 5.69 Å². The van der Waals surface area contributed by atoms with Gasteiger partial charge in [0.1, 0.15) is 0 Å². The number of hydrogen-bond acceptors (Lipinski definition) is 1. The molecule has 0 aliphatic heterocycles. The minimum absolute atomic E-state index is 0.856. The maximum absolute atomic E-state index is 5.89. The van der Waals surface area contributed by atoms with E-state index >= 15 is 0 Å². The second-order valence-corrected chi connectivity index (χ2v) is 3.72. The Morgan fingerprint density at radius 2 is 2.20 bits per heavy atom. The molecule has 0 spiro atoms. The number of nitrogens with zero attached hydrogens (tertiary/aromatic N) is 1. The van der Waals surface area contributed by atoms with Crippen molar-refractivity contribution in [2.24, 2.45) is 0 Å². The highest BCUT2D eigenvalue weighted by Crippen LogP contribution is 2.22. The Morgan fingerprint density at radius 3 is 3.00 bits per heavy atom. The fraction of sp³-hybridized carbons (Fsp3) is 0.231. The van der Waals surface area contributed by atoms with E-state index in [0.717, 1.165) is 30.5 Å². The van der Waals surface area contributed by atoms with Gasteiger partial charge < -0.3 is 10.3 Å². The maximum Gasteiger partial charge on any atom is 0.0501 e. The Balaban J connectivity index is 2.28. The second-order valence-electron chi connectivity index (χ2n) is 3.72. The van der Waals surface area contributed by atoms with Crippen molar-refractivity contribution in [1.29, 1.82) is 0 Å². The van der Waals surface area contributed by atoms with Gasteiger partial charge >= 0.3 is 0 Å². The molecule has 0 amide bonds. The Labute approximate surface area is 90.0 Å². The summed E-state index contributed by atoms with van der Waals surface area (Å²) in [4.78, 5) is 0. The third-order valence-corrected chi connectivity index (χ3v) is 2.65. The predicted octanol–water partition coefficient (Wildman–Crippen LogP) is 3.19. The predicted molar refractivity (Wildman–Crippen MR) is 65.8 cm³/mol. The van der Waals surface area contributed by atoms with Crippen LogP contribution >= 0.6 is 0 Å². The zero-order valence-corrected chi connectivity index (χ0v) is 8.82. The summed E-state index contributed by atoms with van der Waals surface area (Å²) in [7, 11) is 0. The van der Waals surface area contributed by atoms with Crippen LogP contribution in [0.25, 0.3) is 10.9 Å². The number of benzene rings is 1. The van der Waals surface area contributed by atoms with E-state index < -0.39 is 0 Å². The van der Waals surface area contributed by atoms with E-state index in [2.05, 4.69) is 29.5 Å². The van der Waals surface area contributed by atoms with Crippen molar-refractivity contribution < 1.29 is 0 Å². The van der Waals surface area contributed by atoms with E-state index in [9.17, 15) is 0 Å². The lowest BCUT2D eigenvalue weighted by Crippen LogP contribution is -1.95. The summed E-state index contributed by atoms with van der Waals surface area (Å²) in [5.41, 5.74) is 7.97. The number of hydrogen-bond donors (Lipinski definition) is 1. The molecule has 0 unspecified atom stereocenters. The van der Waals surface area contributed by atoms with Gasteiger partial charge in [0, 0.05) is 23.8 Å². The molecule has 0 radical (unpaired) electrons. The van der Waals surface area contributed by atoms with Crippen LogP contribution in [0.5, 0.6) is 0 Å². The van der Waals surface area contributed by atoms with Crippen molar-refractivity contribution in [1.82, 2.24) is 4.57 Å². The van der Waals surface area contributed by atoms with E-state index in [0.29, 0.717) is 0 Å². The van der Waals surface area contributed by atoms with Gasteiger partial charge in [0.2, 0.25) is 0 Å². The topological polar surface area (TPSA) is 30.9 Å². The number of unbranched alkanes of at least 4 members (excludes halogenated alkanes) is 1. The van der Waals surface area contributed by atoms with Gasteiger partial charge in [0.25, 0.3) is 0 Å². The van der Waals surface area contributed by atoms with Crippen LogP contribution in [-0.4, -0.2) is 4.57 Å². The largest absolute Gasteiger partial charge is 0.398 e. The van der Waals surface area contributed by atoms with Gasteiger partial charge in [0.15, 0.2) is 0 Å². The van der Waals surface area contributed by atoms with E-state index in [1.54, 1.807) is 0 Å². The molecule has 1 aromatic carbocycles. The molecule has 0 fully saturated rings. The highest BCUT2D eigenvalue weighted by Gasteiger charge is 2.01. The standard InChI is InChI=1S/C13H16N2/c1-2-3-4-9-15-10-8-11-12(14)6-5-7-13(11)15/h2,5-8,10H,1,3-4,9,14H2. The molecule has 78 valence electrons. The lowest BCUT2D eigenvalue weighted by atomic mass is 10.2. The summed E-state index contributed by atoms with van der Waals surface area (Å²) in [5.74, 6) is 0. The average Bonchev–Trinajstić information content (AvgIpc) is 2.64.